The lowest BCUT2D eigenvalue weighted by atomic mass is 10.3. The molecule has 0 aliphatic heterocycles. The number of halogens is 1. The quantitative estimate of drug-likeness (QED) is 0.777. The van der Waals surface area contributed by atoms with Gasteiger partial charge in [0, 0.05) is 0 Å². The molecule has 0 aliphatic carbocycles. The minimum absolute atomic E-state index is 0. The molecular weight excluding hydrogens is 220 g/mol. The first-order valence-electron chi connectivity index (χ1n) is 4.05. The van der Waals surface area contributed by atoms with Crippen LogP contribution in [0, 0.1) is 0 Å². The average Bonchev–Trinajstić information content (AvgIpc) is 2.18. The van der Waals surface area contributed by atoms with Crippen LogP contribution in [0.5, 0.6) is 5.88 Å². The molecule has 1 rings (SSSR count). The Hall–Kier alpha value is -1.40. The molecule has 1 aromatic rings. The van der Waals surface area contributed by atoms with Gasteiger partial charge in [0.1, 0.15) is 12.0 Å². The third kappa shape index (κ3) is 3.69. The Morgan fingerprint density at radius 2 is 2.33 bits per heavy atom. The van der Waals surface area contributed by atoms with E-state index >= 15 is 0 Å². The Bertz CT molecular complexity index is 332. The molecule has 1 atom stereocenters. The molecule has 0 aliphatic rings. The first-order chi connectivity index (χ1) is 6.65. The lowest BCUT2D eigenvalue weighted by Gasteiger charge is -2.09. The van der Waals surface area contributed by atoms with Gasteiger partial charge in [0.15, 0.2) is 0 Å². The molecular formula is C8H13ClN4O2. The maximum Gasteiger partial charge on any atom is 0.241 e. The van der Waals surface area contributed by atoms with Crippen LogP contribution in [0.15, 0.2) is 12.5 Å². The van der Waals surface area contributed by atoms with Gasteiger partial charge in [-0.05, 0) is 6.92 Å². The predicted octanol–water partition coefficient (Wildman–Crippen LogP) is 0.193. The van der Waals surface area contributed by atoms with E-state index in [1.54, 1.807) is 6.92 Å². The zero-order valence-corrected chi connectivity index (χ0v) is 9.25. The van der Waals surface area contributed by atoms with Crippen LogP contribution in [0.2, 0.25) is 0 Å². The van der Waals surface area contributed by atoms with E-state index in [9.17, 15) is 4.79 Å². The summed E-state index contributed by atoms with van der Waals surface area (Å²) in [6, 6.07) is -0.583. The standard InChI is InChI=1S/C8H12N4O2.ClH/c1-5(9)7(13)12-6-3-10-4-11-8(6)14-2;/h3-5H,9H2,1-2H3,(H,12,13);1H/t5-;/m1./s1. The van der Waals surface area contributed by atoms with Crippen molar-refractivity contribution in [1.29, 1.82) is 0 Å². The van der Waals surface area contributed by atoms with E-state index in [-0.39, 0.29) is 18.3 Å². The van der Waals surface area contributed by atoms with E-state index in [0.717, 1.165) is 0 Å². The average molecular weight is 233 g/mol. The predicted molar refractivity (Wildman–Crippen MR) is 58.1 cm³/mol. The molecule has 15 heavy (non-hydrogen) atoms. The van der Waals surface area contributed by atoms with Crippen molar-refractivity contribution in [2.75, 3.05) is 12.4 Å². The normalized spacial score (nSPS) is 11.1. The highest BCUT2D eigenvalue weighted by Gasteiger charge is 2.11. The molecule has 0 saturated heterocycles. The zero-order chi connectivity index (χ0) is 10.6. The molecule has 6 nitrogen and oxygen atoms in total. The van der Waals surface area contributed by atoms with Gasteiger partial charge in [-0.25, -0.2) is 4.98 Å². The van der Waals surface area contributed by atoms with Crippen LogP contribution < -0.4 is 15.8 Å². The van der Waals surface area contributed by atoms with Crippen LogP contribution in [0.3, 0.4) is 0 Å². The number of hydrogen-bond acceptors (Lipinski definition) is 5. The van der Waals surface area contributed by atoms with Crippen molar-refractivity contribution in [3.63, 3.8) is 0 Å². The number of carbonyl (C=O) groups is 1. The highest BCUT2D eigenvalue weighted by molar-refractivity contribution is 5.95. The van der Waals surface area contributed by atoms with Gasteiger partial charge in [-0.1, -0.05) is 0 Å². The molecule has 7 heteroatoms. The van der Waals surface area contributed by atoms with Crippen molar-refractivity contribution >= 4 is 24.0 Å². The second kappa shape index (κ2) is 6.15. The van der Waals surface area contributed by atoms with Crippen LogP contribution in [0.4, 0.5) is 5.69 Å². The van der Waals surface area contributed by atoms with Crippen molar-refractivity contribution in [2.45, 2.75) is 13.0 Å². The number of nitrogens with two attached hydrogens (primary N) is 1. The maximum atomic E-state index is 11.2. The number of hydrogen-bond donors (Lipinski definition) is 2. The van der Waals surface area contributed by atoms with E-state index in [4.69, 9.17) is 10.5 Å². The van der Waals surface area contributed by atoms with E-state index < -0.39 is 6.04 Å². The summed E-state index contributed by atoms with van der Waals surface area (Å²) in [6.07, 6.45) is 2.78. The highest BCUT2D eigenvalue weighted by atomic mass is 35.5. The summed E-state index contributed by atoms with van der Waals surface area (Å²) in [6.45, 7) is 1.59. The molecule has 0 spiro atoms. The van der Waals surface area contributed by atoms with E-state index in [2.05, 4.69) is 15.3 Å². The molecule has 1 amide bonds. The Morgan fingerprint density at radius 1 is 1.67 bits per heavy atom. The van der Waals surface area contributed by atoms with Gasteiger partial charge in [-0.3, -0.25) is 4.79 Å². The topological polar surface area (TPSA) is 90.1 Å². The highest BCUT2D eigenvalue weighted by Crippen LogP contribution is 2.18. The minimum atomic E-state index is -0.583. The molecule has 0 radical (unpaired) electrons. The Morgan fingerprint density at radius 3 is 2.87 bits per heavy atom. The van der Waals surface area contributed by atoms with Crippen LogP contribution in [0.1, 0.15) is 6.92 Å². The molecule has 0 bridgehead atoms. The summed E-state index contributed by atoms with van der Waals surface area (Å²) in [5, 5.41) is 2.55. The molecule has 0 fully saturated rings. The fraction of sp³-hybridized carbons (Fsp3) is 0.375. The Labute approximate surface area is 93.6 Å². The Balaban J connectivity index is 0.00000196. The first kappa shape index (κ1) is 13.6. The second-order valence-electron chi connectivity index (χ2n) is 2.72. The number of nitrogens with one attached hydrogen (secondary N) is 1. The number of methoxy groups -OCH3 is 1. The van der Waals surface area contributed by atoms with Crippen LogP contribution in [-0.4, -0.2) is 29.0 Å². The number of nitrogens with zero attached hydrogens (tertiary/aromatic N) is 2. The molecule has 0 aromatic carbocycles. The minimum Gasteiger partial charge on any atom is -0.479 e. The number of rotatable bonds is 3. The molecule has 1 heterocycles. The zero-order valence-electron chi connectivity index (χ0n) is 8.43. The first-order valence-corrected chi connectivity index (χ1v) is 4.05. The van der Waals surface area contributed by atoms with E-state index in [1.807, 2.05) is 0 Å². The fourth-order valence-corrected chi connectivity index (χ4v) is 0.813. The number of amides is 1. The van der Waals surface area contributed by atoms with Gasteiger partial charge in [0.25, 0.3) is 0 Å². The largest absolute Gasteiger partial charge is 0.479 e. The third-order valence-electron chi connectivity index (χ3n) is 1.54. The van der Waals surface area contributed by atoms with Crippen molar-refractivity contribution < 1.29 is 9.53 Å². The molecule has 3 N–H and O–H groups in total. The van der Waals surface area contributed by atoms with Crippen molar-refractivity contribution in [2.24, 2.45) is 5.73 Å². The lowest BCUT2D eigenvalue weighted by Crippen LogP contribution is -2.32. The monoisotopic (exact) mass is 232 g/mol. The Kier molecular flexibility index (Phi) is 5.58. The number of aromatic nitrogens is 2. The van der Waals surface area contributed by atoms with Gasteiger partial charge in [-0.15, -0.1) is 12.4 Å². The third-order valence-corrected chi connectivity index (χ3v) is 1.54. The van der Waals surface area contributed by atoms with Gasteiger partial charge in [0.2, 0.25) is 11.8 Å². The van der Waals surface area contributed by atoms with Crippen LogP contribution >= 0.6 is 12.4 Å². The van der Waals surface area contributed by atoms with E-state index in [1.165, 1.54) is 19.6 Å². The van der Waals surface area contributed by atoms with Crippen molar-refractivity contribution in [1.82, 2.24) is 9.97 Å². The van der Waals surface area contributed by atoms with E-state index in [0.29, 0.717) is 11.6 Å². The smallest absolute Gasteiger partial charge is 0.241 e. The summed E-state index contributed by atoms with van der Waals surface area (Å²) in [5.74, 6) is 0.00657. The lowest BCUT2D eigenvalue weighted by molar-refractivity contribution is -0.117. The van der Waals surface area contributed by atoms with Gasteiger partial charge >= 0.3 is 0 Å². The number of ether oxygens (including phenoxy) is 1. The summed E-state index contributed by atoms with van der Waals surface area (Å²) in [4.78, 5) is 18.8. The van der Waals surface area contributed by atoms with Gasteiger partial charge in [-0.2, -0.15) is 4.98 Å². The summed E-state index contributed by atoms with van der Waals surface area (Å²) < 4.78 is 4.92. The van der Waals surface area contributed by atoms with Crippen LogP contribution in [-0.2, 0) is 4.79 Å². The fourth-order valence-electron chi connectivity index (χ4n) is 0.813. The number of anilines is 1. The summed E-state index contributed by atoms with van der Waals surface area (Å²) in [5.41, 5.74) is 5.80. The van der Waals surface area contributed by atoms with Crippen LogP contribution in [0.25, 0.3) is 0 Å². The molecule has 0 unspecified atom stereocenters. The second-order valence-corrected chi connectivity index (χ2v) is 2.72. The van der Waals surface area contributed by atoms with Crippen molar-refractivity contribution in [3.8, 4) is 5.88 Å². The molecule has 0 saturated carbocycles. The van der Waals surface area contributed by atoms with Gasteiger partial charge in [0.05, 0.1) is 19.3 Å². The summed E-state index contributed by atoms with van der Waals surface area (Å²) >= 11 is 0. The van der Waals surface area contributed by atoms with Gasteiger partial charge < -0.3 is 15.8 Å². The molecule has 84 valence electrons. The maximum absolute atomic E-state index is 11.2. The van der Waals surface area contributed by atoms with Crippen molar-refractivity contribution in [3.05, 3.63) is 12.5 Å². The molecule has 1 aromatic heterocycles. The number of carbonyl (C=O) groups excluding carboxylic acids is 1. The SMILES string of the molecule is COc1ncncc1NC(=O)[C@@H](C)N.Cl. The summed E-state index contributed by atoms with van der Waals surface area (Å²) in [7, 11) is 1.46.